The summed E-state index contributed by atoms with van der Waals surface area (Å²) in [5.41, 5.74) is 2.99. The summed E-state index contributed by atoms with van der Waals surface area (Å²) < 4.78 is 1.44. The fraction of sp³-hybridized carbons (Fsp3) is 0.250. The van der Waals surface area contributed by atoms with Gasteiger partial charge in [0.15, 0.2) is 0 Å². The van der Waals surface area contributed by atoms with E-state index in [1.807, 2.05) is 38.2 Å². The molecule has 17 heavy (non-hydrogen) atoms. The van der Waals surface area contributed by atoms with Crippen molar-refractivity contribution in [3.8, 4) is 0 Å². The molecule has 0 bridgehead atoms. The molecular weight excluding hydrogens is 275 g/mol. The van der Waals surface area contributed by atoms with Gasteiger partial charge in [0.05, 0.1) is 26.6 Å². The summed E-state index contributed by atoms with van der Waals surface area (Å²) in [5, 5.41) is 3.34. The minimum Gasteiger partial charge on any atom is -0.377 e. The summed E-state index contributed by atoms with van der Waals surface area (Å²) in [7, 11) is 0. The summed E-state index contributed by atoms with van der Waals surface area (Å²) in [4.78, 5) is 4.23. The van der Waals surface area contributed by atoms with E-state index in [4.69, 9.17) is 23.2 Å². The van der Waals surface area contributed by atoms with Gasteiger partial charge in [0.25, 0.3) is 0 Å². The Hall–Kier alpha value is -0.770. The number of halogens is 2. The number of anilines is 1. The van der Waals surface area contributed by atoms with Gasteiger partial charge in [-0.2, -0.15) is 0 Å². The normalized spacial score (nSPS) is 12.5. The number of pyridine rings is 1. The van der Waals surface area contributed by atoms with Gasteiger partial charge in [-0.1, -0.05) is 23.2 Å². The monoisotopic (exact) mass is 286 g/mol. The van der Waals surface area contributed by atoms with Crippen LogP contribution in [0.15, 0.2) is 24.4 Å². The minimum absolute atomic E-state index is 0.107. The number of nitrogens with zero attached hydrogens (tertiary/aromatic N) is 1. The van der Waals surface area contributed by atoms with E-state index in [1.165, 1.54) is 11.3 Å². The molecule has 0 spiro atoms. The third-order valence-electron chi connectivity index (χ3n) is 2.44. The Morgan fingerprint density at radius 2 is 2.12 bits per heavy atom. The van der Waals surface area contributed by atoms with Crippen molar-refractivity contribution in [1.29, 1.82) is 0 Å². The van der Waals surface area contributed by atoms with Gasteiger partial charge >= 0.3 is 0 Å². The maximum absolute atomic E-state index is 6.11. The Morgan fingerprint density at radius 3 is 2.65 bits per heavy atom. The average Bonchev–Trinajstić information content (AvgIpc) is 2.61. The first-order valence-electron chi connectivity index (χ1n) is 5.20. The van der Waals surface area contributed by atoms with Crippen LogP contribution < -0.4 is 5.32 Å². The van der Waals surface area contributed by atoms with Gasteiger partial charge in [-0.15, -0.1) is 11.3 Å². The number of hydrogen-bond donors (Lipinski definition) is 1. The molecule has 0 aromatic carbocycles. The van der Waals surface area contributed by atoms with Crippen LogP contribution in [0, 0.1) is 6.92 Å². The third-order valence-corrected chi connectivity index (χ3v) is 3.96. The first kappa shape index (κ1) is 12.7. The predicted octanol–water partition coefficient (Wildman–Crippen LogP) is 4.93. The molecule has 0 saturated heterocycles. The minimum atomic E-state index is 0.107. The number of aromatic nitrogens is 1. The Morgan fingerprint density at radius 1 is 1.35 bits per heavy atom. The van der Waals surface area contributed by atoms with Crippen LogP contribution in [0.25, 0.3) is 0 Å². The van der Waals surface area contributed by atoms with E-state index in [9.17, 15) is 0 Å². The quantitative estimate of drug-likeness (QED) is 0.865. The largest absolute Gasteiger partial charge is 0.377 e. The first-order chi connectivity index (χ1) is 8.06. The van der Waals surface area contributed by atoms with E-state index < -0.39 is 0 Å². The highest BCUT2D eigenvalue weighted by Gasteiger charge is 2.13. The average molecular weight is 287 g/mol. The number of thiophene rings is 1. The molecule has 5 heteroatoms. The standard InChI is InChI=1S/C12H12Cl2N2S/c1-7-3-4-9(6-15-7)16-8(2)10-5-11(13)17-12(10)14/h3-6,8,16H,1-2H3. The van der Waals surface area contributed by atoms with Crippen LogP contribution in [0.5, 0.6) is 0 Å². The van der Waals surface area contributed by atoms with E-state index in [0.29, 0.717) is 4.34 Å². The lowest BCUT2D eigenvalue weighted by Crippen LogP contribution is -2.06. The third kappa shape index (κ3) is 3.12. The lowest BCUT2D eigenvalue weighted by atomic mass is 10.2. The van der Waals surface area contributed by atoms with E-state index in [1.54, 1.807) is 0 Å². The number of aryl methyl sites for hydroxylation is 1. The van der Waals surface area contributed by atoms with Gasteiger partial charge in [-0.3, -0.25) is 4.98 Å². The zero-order valence-electron chi connectivity index (χ0n) is 9.50. The second-order valence-corrected chi connectivity index (χ2v) is 6.12. The van der Waals surface area contributed by atoms with E-state index in [-0.39, 0.29) is 6.04 Å². The van der Waals surface area contributed by atoms with Crippen molar-refractivity contribution >= 4 is 40.2 Å². The van der Waals surface area contributed by atoms with Crippen molar-refractivity contribution in [2.24, 2.45) is 0 Å². The highest BCUT2D eigenvalue weighted by atomic mass is 35.5. The van der Waals surface area contributed by atoms with Crippen molar-refractivity contribution in [3.63, 3.8) is 0 Å². The van der Waals surface area contributed by atoms with Crippen molar-refractivity contribution in [1.82, 2.24) is 4.98 Å². The second-order valence-electron chi connectivity index (χ2n) is 3.83. The molecule has 0 aliphatic carbocycles. The van der Waals surface area contributed by atoms with E-state index in [0.717, 1.165) is 21.3 Å². The lowest BCUT2D eigenvalue weighted by molar-refractivity contribution is 0.888. The van der Waals surface area contributed by atoms with Crippen LogP contribution in [0.1, 0.15) is 24.2 Å². The summed E-state index contributed by atoms with van der Waals surface area (Å²) in [6.45, 7) is 4.01. The number of rotatable bonds is 3. The molecule has 1 unspecified atom stereocenters. The van der Waals surface area contributed by atoms with Crippen molar-refractivity contribution in [2.75, 3.05) is 5.32 Å². The summed E-state index contributed by atoms with van der Waals surface area (Å²) in [5.74, 6) is 0. The Labute approximate surface area is 115 Å². The zero-order chi connectivity index (χ0) is 12.4. The molecule has 2 nitrogen and oxygen atoms in total. The first-order valence-corrected chi connectivity index (χ1v) is 6.77. The molecule has 2 rings (SSSR count). The molecule has 1 atom stereocenters. The summed E-state index contributed by atoms with van der Waals surface area (Å²) >= 11 is 13.4. The fourth-order valence-electron chi connectivity index (χ4n) is 1.53. The smallest absolute Gasteiger partial charge is 0.0996 e. The second kappa shape index (κ2) is 5.25. The zero-order valence-corrected chi connectivity index (χ0v) is 11.8. The molecule has 0 aliphatic heterocycles. The SMILES string of the molecule is Cc1ccc(NC(C)c2cc(Cl)sc2Cl)cn1. The van der Waals surface area contributed by atoms with Gasteiger partial charge in [0.1, 0.15) is 0 Å². The van der Waals surface area contributed by atoms with Crippen LogP contribution >= 0.6 is 34.5 Å². The molecule has 0 amide bonds. The highest BCUT2D eigenvalue weighted by Crippen LogP contribution is 2.35. The number of nitrogens with one attached hydrogen (secondary N) is 1. The van der Waals surface area contributed by atoms with Crippen molar-refractivity contribution in [2.45, 2.75) is 19.9 Å². The fourth-order valence-corrected chi connectivity index (χ4v) is 3.17. The Kier molecular flexibility index (Phi) is 3.92. The van der Waals surface area contributed by atoms with Gasteiger partial charge in [-0.05, 0) is 32.0 Å². The summed E-state index contributed by atoms with van der Waals surface area (Å²) in [6.07, 6.45) is 1.81. The molecule has 0 radical (unpaired) electrons. The van der Waals surface area contributed by atoms with Gasteiger partial charge in [-0.25, -0.2) is 0 Å². The van der Waals surface area contributed by atoms with Crippen LogP contribution in [0.2, 0.25) is 8.67 Å². The van der Waals surface area contributed by atoms with Gasteiger partial charge in [0, 0.05) is 11.3 Å². The van der Waals surface area contributed by atoms with Crippen molar-refractivity contribution < 1.29 is 0 Å². The Bertz CT molecular complexity index is 508. The maximum atomic E-state index is 6.11. The molecule has 2 aromatic heterocycles. The molecule has 90 valence electrons. The van der Waals surface area contributed by atoms with Gasteiger partial charge in [0.2, 0.25) is 0 Å². The number of hydrogen-bond acceptors (Lipinski definition) is 3. The van der Waals surface area contributed by atoms with Crippen LogP contribution in [-0.4, -0.2) is 4.98 Å². The molecule has 0 fully saturated rings. The Balaban J connectivity index is 2.14. The van der Waals surface area contributed by atoms with Crippen LogP contribution in [0.4, 0.5) is 5.69 Å². The van der Waals surface area contributed by atoms with Crippen molar-refractivity contribution in [3.05, 3.63) is 44.3 Å². The summed E-state index contributed by atoms with van der Waals surface area (Å²) in [6, 6.07) is 5.97. The molecule has 0 saturated carbocycles. The molecule has 2 heterocycles. The maximum Gasteiger partial charge on any atom is 0.0996 e. The van der Waals surface area contributed by atoms with E-state index >= 15 is 0 Å². The van der Waals surface area contributed by atoms with E-state index in [2.05, 4.69) is 10.3 Å². The lowest BCUT2D eigenvalue weighted by Gasteiger charge is -2.14. The predicted molar refractivity (Wildman–Crippen MR) is 75.4 cm³/mol. The topological polar surface area (TPSA) is 24.9 Å². The molecule has 2 aromatic rings. The molecule has 1 N–H and O–H groups in total. The molecular formula is C12H12Cl2N2S. The van der Waals surface area contributed by atoms with Crippen LogP contribution in [-0.2, 0) is 0 Å². The highest BCUT2D eigenvalue weighted by molar-refractivity contribution is 7.20. The van der Waals surface area contributed by atoms with Gasteiger partial charge < -0.3 is 5.32 Å². The van der Waals surface area contributed by atoms with Crippen LogP contribution in [0.3, 0.4) is 0 Å². The molecule has 0 aliphatic rings.